The lowest BCUT2D eigenvalue weighted by Gasteiger charge is -2.11. The van der Waals surface area contributed by atoms with E-state index in [1.54, 1.807) is 19.4 Å². The van der Waals surface area contributed by atoms with Crippen LogP contribution in [0.1, 0.15) is 18.1 Å². The molecule has 0 aliphatic heterocycles. The number of allylic oxidation sites excluding steroid dienone is 2. The normalized spacial score (nSPS) is 11.3. The second-order valence-corrected chi connectivity index (χ2v) is 5.86. The van der Waals surface area contributed by atoms with Crippen LogP contribution in [0.3, 0.4) is 0 Å². The average molecular weight is 364 g/mol. The molecule has 140 valence electrons. The Labute approximate surface area is 160 Å². The second-order valence-electron chi connectivity index (χ2n) is 5.86. The Morgan fingerprint density at radius 1 is 1.19 bits per heavy atom. The van der Waals surface area contributed by atoms with Crippen molar-refractivity contribution in [2.75, 3.05) is 13.7 Å². The molecule has 0 aromatic heterocycles. The highest BCUT2D eigenvalue weighted by Gasteiger charge is 2.08. The SMILES string of the molecule is C=CCc1ccc(OCC(=O)N/N=C\C(C)=C/c2ccccc2)c(OC)c1. The highest BCUT2D eigenvalue weighted by Crippen LogP contribution is 2.28. The minimum absolute atomic E-state index is 0.157. The Bertz CT molecular complexity index is 827. The summed E-state index contributed by atoms with van der Waals surface area (Å²) < 4.78 is 10.8. The van der Waals surface area contributed by atoms with Crippen LogP contribution in [0.4, 0.5) is 0 Å². The Morgan fingerprint density at radius 2 is 1.96 bits per heavy atom. The zero-order valence-electron chi connectivity index (χ0n) is 15.6. The number of carbonyl (C=O) groups is 1. The van der Waals surface area contributed by atoms with Gasteiger partial charge < -0.3 is 9.47 Å². The Hall–Kier alpha value is -3.34. The third kappa shape index (κ3) is 6.82. The number of hydrogen-bond donors (Lipinski definition) is 1. The molecule has 0 atom stereocenters. The van der Waals surface area contributed by atoms with Gasteiger partial charge in [-0.25, -0.2) is 5.43 Å². The summed E-state index contributed by atoms with van der Waals surface area (Å²) in [4.78, 5) is 11.9. The largest absolute Gasteiger partial charge is 0.493 e. The molecule has 0 unspecified atom stereocenters. The number of nitrogens with zero attached hydrogens (tertiary/aromatic N) is 1. The molecule has 27 heavy (non-hydrogen) atoms. The van der Waals surface area contributed by atoms with Gasteiger partial charge in [-0.05, 0) is 42.2 Å². The van der Waals surface area contributed by atoms with Gasteiger partial charge in [0, 0.05) is 0 Å². The Morgan fingerprint density at radius 3 is 2.67 bits per heavy atom. The zero-order valence-corrected chi connectivity index (χ0v) is 15.6. The van der Waals surface area contributed by atoms with Crippen LogP contribution in [-0.2, 0) is 11.2 Å². The van der Waals surface area contributed by atoms with Gasteiger partial charge in [-0.15, -0.1) is 6.58 Å². The van der Waals surface area contributed by atoms with Crippen LogP contribution in [0.15, 0.2) is 71.9 Å². The summed E-state index contributed by atoms with van der Waals surface area (Å²) in [6.45, 7) is 5.47. The van der Waals surface area contributed by atoms with E-state index in [4.69, 9.17) is 9.47 Å². The maximum atomic E-state index is 11.9. The van der Waals surface area contributed by atoms with Crippen LogP contribution in [0.25, 0.3) is 6.08 Å². The van der Waals surface area contributed by atoms with E-state index in [9.17, 15) is 4.79 Å². The van der Waals surface area contributed by atoms with Crippen LogP contribution in [0.2, 0.25) is 0 Å². The van der Waals surface area contributed by atoms with Crippen molar-refractivity contribution in [1.29, 1.82) is 0 Å². The summed E-state index contributed by atoms with van der Waals surface area (Å²) in [6.07, 6.45) is 6.12. The molecule has 0 heterocycles. The van der Waals surface area contributed by atoms with E-state index in [-0.39, 0.29) is 12.5 Å². The molecule has 2 rings (SSSR count). The number of amides is 1. The molecule has 0 bridgehead atoms. The molecule has 1 amide bonds. The summed E-state index contributed by atoms with van der Waals surface area (Å²) in [5.74, 6) is 0.730. The van der Waals surface area contributed by atoms with Crippen molar-refractivity contribution in [2.24, 2.45) is 5.10 Å². The first-order valence-corrected chi connectivity index (χ1v) is 8.58. The highest BCUT2D eigenvalue weighted by atomic mass is 16.5. The quantitative estimate of drug-likeness (QED) is 0.415. The van der Waals surface area contributed by atoms with Gasteiger partial charge in [0.1, 0.15) is 0 Å². The zero-order chi connectivity index (χ0) is 19.5. The molecule has 0 fully saturated rings. The first-order chi connectivity index (χ1) is 13.1. The number of ether oxygens (including phenoxy) is 2. The maximum absolute atomic E-state index is 11.9. The van der Waals surface area contributed by atoms with Crippen molar-refractivity contribution < 1.29 is 14.3 Å². The predicted octanol–water partition coefficient (Wildman–Crippen LogP) is 4.01. The van der Waals surface area contributed by atoms with E-state index in [0.717, 1.165) is 23.1 Å². The number of hydrazone groups is 1. The van der Waals surface area contributed by atoms with Crippen molar-refractivity contribution in [2.45, 2.75) is 13.3 Å². The van der Waals surface area contributed by atoms with E-state index in [1.165, 1.54) is 0 Å². The molecule has 0 spiro atoms. The van der Waals surface area contributed by atoms with Gasteiger partial charge in [0.15, 0.2) is 18.1 Å². The van der Waals surface area contributed by atoms with Crippen molar-refractivity contribution in [1.82, 2.24) is 5.43 Å². The van der Waals surface area contributed by atoms with Crippen LogP contribution in [-0.4, -0.2) is 25.8 Å². The molecular formula is C22H24N2O3. The molecule has 0 aliphatic rings. The van der Waals surface area contributed by atoms with Crippen LogP contribution in [0, 0.1) is 0 Å². The smallest absolute Gasteiger partial charge is 0.277 e. The lowest BCUT2D eigenvalue weighted by Crippen LogP contribution is -2.24. The minimum Gasteiger partial charge on any atom is -0.493 e. The average Bonchev–Trinajstić information content (AvgIpc) is 2.68. The van der Waals surface area contributed by atoms with E-state index >= 15 is 0 Å². The van der Waals surface area contributed by atoms with Crippen molar-refractivity contribution in [3.63, 3.8) is 0 Å². The Balaban J connectivity index is 1.85. The Kier molecular flexibility index (Phi) is 7.85. The van der Waals surface area contributed by atoms with Gasteiger partial charge in [-0.3, -0.25) is 4.79 Å². The predicted molar refractivity (Wildman–Crippen MR) is 109 cm³/mol. The third-order valence-electron chi connectivity index (χ3n) is 3.62. The van der Waals surface area contributed by atoms with Gasteiger partial charge in [-0.1, -0.05) is 48.6 Å². The summed E-state index contributed by atoms with van der Waals surface area (Å²) in [5.41, 5.74) is 5.50. The van der Waals surface area contributed by atoms with Crippen LogP contribution in [0.5, 0.6) is 11.5 Å². The summed E-state index contributed by atoms with van der Waals surface area (Å²) >= 11 is 0. The number of nitrogens with one attached hydrogen (secondary N) is 1. The standard InChI is InChI=1S/C22H24N2O3/c1-4-8-18-11-12-20(21(14-18)26-3)27-16-22(25)24-23-15-17(2)13-19-9-6-5-7-10-19/h4-7,9-15H,1,8,16H2,2-3H3,(H,24,25)/b17-13-,23-15-. The van der Waals surface area contributed by atoms with Gasteiger partial charge in [0.25, 0.3) is 5.91 Å². The lowest BCUT2D eigenvalue weighted by atomic mass is 10.1. The second kappa shape index (κ2) is 10.6. The maximum Gasteiger partial charge on any atom is 0.277 e. The van der Waals surface area contributed by atoms with Gasteiger partial charge in [0.05, 0.1) is 13.3 Å². The van der Waals surface area contributed by atoms with Crippen molar-refractivity contribution >= 4 is 18.2 Å². The number of rotatable bonds is 9. The number of methoxy groups -OCH3 is 1. The van der Waals surface area contributed by atoms with Gasteiger partial charge in [-0.2, -0.15) is 5.10 Å². The number of benzene rings is 2. The summed E-state index contributed by atoms with van der Waals surface area (Å²) in [6, 6.07) is 15.4. The van der Waals surface area contributed by atoms with Crippen LogP contribution >= 0.6 is 0 Å². The molecule has 5 nitrogen and oxygen atoms in total. The molecule has 5 heteroatoms. The summed E-state index contributed by atoms with van der Waals surface area (Å²) in [5, 5.41) is 3.95. The molecule has 2 aromatic rings. The fourth-order valence-electron chi connectivity index (χ4n) is 2.36. The molecular weight excluding hydrogens is 340 g/mol. The molecule has 2 aromatic carbocycles. The van der Waals surface area contributed by atoms with E-state index < -0.39 is 0 Å². The molecule has 0 radical (unpaired) electrons. The molecule has 0 aliphatic carbocycles. The van der Waals surface area contributed by atoms with Gasteiger partial charge in [0.2, 0.25) is 0 Å². The van der Waals surface area contributed by atoms with E-state index in [2.05, 4.69) is 17.1 Å². The van der Waals surface area contributed by atoms with Crippen molar-refractivity contribution in [3.05, 3.63) is 77.9 Å². The van der Waals surface area contributed by atoms with Crippen molar-refractivity contribution in [3.8, 4) is 11.5 Å². The molecule has 1 N–H and O–H groups in total. The lowest BCUT2D eigenvalue weighted by molar-refractivity contribution is -0.123. The summed E-state index contributed by atoms with van der Waals surface area (Å²) in [7, 11) is 1.56. The molecule has 0 saturated heterocycles. The minimum atomic E-state index is -0.351. The first kappa shape index (κ1) is 20.0. The topological polar surface area (TPSA) is 59.9 Å². The fourth-order valence-corrected chi connectivity index (χ4v) is 2.36. The monoisotopic (exact) mass is 364 g/mol. The fraction of sp³-hybridized carbons (Fsp3) is 0.182. The highest BCUT2D eigenvalue weighted by molar-refractivity contribution is 5.86. The van der Waals surface area contributed by atoms with E-state index in [1.807, 2.05) is 61.5 Å². The van der Waals surface area contributed by atoms with E-state index in [0.29, 0.717) is 11.5 Å². The molecule has 0 saturated carbocycles. The first-order valence-electron chi connectivity index (χ1n) is 8.58. The third-order valence-corrected chi connectivity index (χ3v) is 3.62. The number of hydrogen-bond acceptors (Lipinski definition) is 4. The number of carbonyl (C=O) groups excluding carboxylic acids is 1. The van der Waals surface area contributed by atoms with Gasteiger partial charge >= 0.3 is 0 Å². The van der Waals surface area contributed by atoms with Crippen LogP contribution < -0.4 is 14.9 Å².